The highest BCUT2D eigenvalue weighted by atomic mass is 32.2. The Kier molecular flexibility index (Phi) is 10.1. The number of carbonyl (C=O) groups is 2. The van der Waals surface area contributed by atoms with Gasteiger partial charge in [-0.2, -0.15) is 0 Å². The van der Waals surface area contributed by atoms with Gasteiger partial charge in [0.15, 0.2) is 5.65 Å². The van der Waals surface area contributed by atoms with Gasteiger partial charge < -0.3 is 14.4 Å². The van der Waals surface area contributed by atoms with Crippen molar-refractivity contribution >= 4 is 45.6 Å². The summed E-state index contributed by atoms with van der Waals surface area (Å²) in [5, 5.41) is 10.8. The van der Waals surface area contributed by atoms with Crippen molar-refractivity contribution in [1.29, 1.82) is 0 Å². The third kappa shape index (κ3) is 7.12. The van der Waals surface area contributed by atoms with Crippen molar-refractivity contribution in [2.75, 3.05) is 25.4 Å². The van der Waals surface area contributed by atoms with E-state index in [1.54, 1.807) is 11.8 Å². The lowest BCUT2D eigenvalue weighted by molar-refractivity contribution is -0.142. The van der Waals surface area contributed by atoms with Crippen molar-refractivity contribution in [2.45, 2.75) is 83.5 Å². The molecule has 0 radical (unpaired) electrons. The first-order valence-electron chi connectivity index (χ1n) is 15.3. The van der Waals surface area contributed by atoms with Crippen molar-refractivity contribution < 1.29 is 9.59 Å². The molecule has 5 rings (SSSR count). The number of hydrogen-bond acceptors (Lipinski definition) is 6. The number of benzene rings is 2. The number of piperazine rings is 1. The van der Waals surface area contributed by atoms with E-state index >= 15 is 0 Å². The number of aryl methyl sites for hydroxylation is 1. The number of carbonyl (C=O) groups excluding carboxylic acids is 2. The van der Waals surface area contributed by atoms with Crippen molar-refractivity contribution in [2.24, 2.45) is 0 Å². The van der Waals surface area contributed by atoms with E-state index in [0.29, 0.717) is 44.2 Å². The molecule has 3 heterocycles. The molecule has 8 nitrogen and oxygen atoms in total. The average Bonchev–Trinajstić information content (AvgIpc) is 3.29. The molecular weight excluding hydrogens is 544 g/mol. The Hall–Kier alpha value is -3.46. The molecule has 1 unspecified atom stereocenters. The first kappa shape index (κ1) is 30.0. The molecule has 2 aromatic carbocycles. The van der Waals surface area contributed by atoms with Crippen LogP contribution >= 0.6 is 11.8 Å². The van der Waals surface area contributed by atoms with Gasteiger partial charge in [0, 0.05) is 56.2 Å². The van der Waals surface area contributed by atoms with Crippen LogP contribution < -0.4 is 0 Å². The number of aromatic nitrogens is 4. The molecule has 0 spiro atoms. The summed E-state index contributed by atoms with van der Waals surface area (Å²) in [6.07, 6.45) is 6.01. The number of unbranched alkanes of at least 4 members (excludes halogenated alkanes) is 3. The Morgan fingerprint density at radius 3 is 2.52 bits per heavy atom. The van der Waals surface area contributed by atoms with Crippen LogP contribution in [0.4, 0.5) is 0 Å². The van der Waals surface area contributed by atoms with Gasteiger partial charge in [-0.15, -0.1) is 10.2 Å². The Balaban J connectivity index is 1.14. The zero-order chi connectivity index (χ0) is 29.5. The predicted molar refractivity (Wildman–Crippen MR) is 170 cm³/mol. The lowest BCUT2D eigenvalue weighted by Gasteiger charge is -2.40. The number of thioether (sulfide) groups is 1. The number of fused-ring (bicyclic) bond motifs is 3. The van der Waals surface area contributed by atoms with E-state index in [4.69, 9.17) is 4.98 Å². The fraction of sp³-hybridized carbons (Fsp3) is 0.485. The minimum Gasteiger partial charge on any atom is -0.339 e. The minimum absolute atomic E-state index is 0.0772. The predicted octanol–water partition coefficient (Wildman–Crippen LogP) is 6.24. The lowest BCUT2D eigenvalue weighted by Crippen LogP contribution is -2.55. The second-order valence-corrected chi connectivity index (χ2v) is 12.5. The van der Waals surface area contributed by atoms with Gasteiger partial charge in [0.1, 0.15) is 5.52 Å². The van der Waals surface area contributed by atoms with Crippen LogP contribution in [0, 0.1) is 6.92 Å². The van der Waals surface area contributed by atoms with Crippen LogP contribution in [0.5, 0.6) is 0 Å². The zero-order valence-electron chi connectivity index (χ0n) is 25.1. The summed E-state index contributed by atoms with van der Waals surface area (Å²) in [7, 11) is 0. The summed E-state index contributed by atoms with van der Waals surface area (Å²) in [5.41, 5.74) is 5.19. The maximum absolute atomic E-state index is 12.9. The highest BCUT2D eigenvalue weighted by Gasteiger charge is 2.29. The standard InChI is InChI=1S/C33H42N6O2S/c1-4-5-7-15-30(41)38-19-18-37(22-25(38)3)29(40)14-10-11-20-42-33-34-32-31(35-36-33)27-21-24(2)16-17-28(27)39(32)23-26-12-8-6-9-13-26/h6,8-9,12-13,16-17,21,25H,4-5,7,10-11,14-15,18-20,22-23H2,1-3H3. The van der Waals surface area contributed by atoms with Gasteiger partial charge in [0.05, 0.1) is 5.52 Å². The molecule has 1 aliphatic rings. The maximum Gasteiger partial charge on any atom is 0.222 e. The molecule has 1 saturated heterocycles. The van der Waals surface area contributed by atoms with Crippen molar-refractivity contribution in [1.82, 2.24) is 29.5 Å². The highest BCUT2D eigenvalue weighted by molar-refractivity contribution is 7.99. The summed E-state index contributed by atoms with van der Waals surface area (Å²) >= 11 is 1.60. The van der Waals surface area contributed by atoms with Gasteiger partial charge in [0.2, 0.25) is 17.0 Å². The summed E-state index contributed by atoms with van der Waals surface area (Å²) in [6, 6.07) is 16.9. The molecule has 4 aromatic rings. The second kappa shape index (κ2) is 14.1. The Bertz CT molecular complexity index is 1520. The van der Waals surface area contributed by atoms with Crippen LogP contribution in [-0.2, 0) is 16.1 Å². The van der Waals surface area contributed by atoms with Gasteiger partial charge in [-0.05, 0) is 50.8 Å². The SMILES string of the molecule is CCCCCC(=O)N1CCN(C(=O)CCCCSc2nnc3c4cc(C)ccc4n(Cc4ccccc4)c3n2)CC1C. The van der Waals surface area contributed by atoms with Gasteiger partial charge in [-0.25, -0.2) is 4.98 Å². The summed E-state index contributed by atoms with van der Waals surface area (Å²) in [6.45, 7) is 8.91. The number of rotatable bonds is 12. The normalized spacial score (nSPS) is 15.5. The lowest BCUT2D eigenvalue weighted by atomic mass is 10.1. The molecule has 2 amide bonds. The molecule has 1 atom stereocenters. The molecule has 0 saturated carbocycles. The van der Waals surface area contributed by atoms with Crippen LogP contribution in [0.25, 0.3) is 22.1 Å². The van der Waals surface area contributed by atoms with Gasteiger partial charge in [-0.3, -0.25) is 9.59 Å². The monoisotopic (exact) mass is 586 g/mol. The second-order valence-electron chi connectivity index (χ2n) is 11.4. The third-order valence-corrected chi connectivity index (χ3v) is 9.02. The van der Waals surface area contributed by atoms with E-state index in [9.17, 15) is 9.59 Å². The Labute approximate surface area is 252 Å². The van der Waals surface area contributed by atoms with E-state index < -0.39 is 0 Å². The van der Waals surface area contributed by atoms with Crippen LogP contribution in [0.15, 0.2) is 53.7 Å². The van der Waals surface area contributed by atoms with E-state index in [0.717, 1.165) is 59.9 Å². The van der Waals surface area contributed by atoms with Gasteiger partial charge in [-0.1, -0.05) is 73.5 Å². The van der Waals surface area contributed by atoms with E-state index in [1.807, 2.05) is 15.9 Å². The van der Waals surface area contributed by atoms with Crippen molar-refractivity contribution in [3.8, 4) is 0 Å². The fourth-order valence-electron chi connectivity index (χ4n) is 5.77. The number of nitrogens with zero attached hydrogens (tertiary/aromatic N) is 6. The van der Waals surface area contributed by atoms with Gasteiger partial charge >= 0.3 is 0 Å². The third-order valence-electron chi connectivity index (χ3n) is 8.10. The molecule has 0 aliphatic carbocycles. The fourth-order valence-corrected chi connectivity index (χ4v) is 6.55. The smallest absolute Gasteiger partial charge is 0.222 e. The molecule has 0 N–H and O–H groups in total. The Morgan fingerprint density at radius 2 is 1.74 bits per heavy atom. The number of hydrogen-bond donors (Lipinski definition) is 0. The summed E-state index contributed by atoms with van der Waals surface area (Å²) in [5.74, 6) is 1.24. The molecule has 1 aliphatic heterocycles. The molecule has 9 heteroatoms. The van der Waals surface area contributed by atoms with E-state index in [2.05, 4.69) is 78.0 Å². The highest BCUT2D eigenvalue weighted by Crippen LogP contribution is 2.29. The zero-order valence-corrected chi connectivity index (χ0v) is 25.9. The van der Waals surface area contributed by atoms with E-state index in [1.165, 1.54) is 11.1 Å². The Morgan fingerprint density at radius 1 is 0.952 bits per heavy atom. The maximum atomic E-state index is 12.9. The topological polar surface area (TPSA) is 84.2 Å². The van der Waals surface area contributed by atoms with Crippen LogP contribution in [0.2, 0.25) is 0 Å². The molecule has 42 heavy (non-hydrogen) atoms. The molecular formula is C33H42N6O2S. The quantitative estimate of drug-likeness (QED) is 0.144. The summed E-state index contributed by atoms with van der Waals surface area (Å²) in [4.78, 5) is 34.3. The summed E-state index contributed by atoms with van der Waals surface area (Å²) < 4.78 is 2.23. The van der Waals surface area contributed by atoms with Gasteiger partial charge in [0.25, 0.3) is 0 Å². The first-order chi connectivity index (χ1) is 20.4. The molecule has 1 fully saturated rings. The average molecular weight is 587 g/mol. The van der Waals surface area contributed by atoms with Crippen molar-refractivity contribution in [3.05, 3.63) is 59.7 Å². The number of amides is 2. The molecule has 2 aromatic heterocycles. The first-order valence-corrected chi connectivity index (χ1v) is 16.3. The van der Waals surface area contributed by atoms with Crippen LogP contribution in [0.1, 0.15) is 69.9 Å². The largest absolute Gasteiger partial charge is 0.339 e. The molecule has 222 valence electrons. The minimum atomic E-state index is 0.0772. The van der Waals surface area contributed by atoms with Crippen LogP contribution in [0.3, 0.4) is 0 Å². The van der Waals surface area contributed by atoms with Crippen molar-refractivity contribution in [3.63, 3.8) is 0 Å². The molecule has 0 bridgehead atoms. The van der Waals surface area contributed by atoms with Crippen LogP contribution in [-0.4, -0.2) is 72.8 Å². The van der Waals surface area contributed by atoms with E-state index in [-0.39, 0.29) is 17.9 Å².